The maximum absolute atomic E-state index is 14.6. The fourth-order valence-electron chi connectivity index (χ4n) is 8.12. The van der Waals surface area contributed by atoms with E-state index in [-0.39, 0.29) is 52.8 Å². The molecule has 0 saturated carbocycles. The summed E-state index contributed by atoms with van der Waals surface area (Å²) in [5, 5.41) is 85.6. The van der Waals surface area contributed by atoms with Crippen LogP contribution in [-0.4, -0.2) is 152 Å². The van der Waals surface area contributed by atoms with Gasteiger partial charge in [0.05, 0.1) is 53.7 Å². The minimum atomic E-state index is -1.88. The van der Waals surface area contributed by atoms with E-state index in [0.717, 1.165) is 0 Å². The minimum Gasteiger partial charge on any atom is -0.507 e. The van der Waals surface area contributed by atoms with Crippen LogP contribution in [0.2, 0.25) is 0 Å². The van der Waals surface area contributed by atoms with Gasteiger partial charge in [0.2, 0.25) is 0 Å². The summed E-state index contributed by atoms with van der Waals surface area (Å²) in [6, 6.07) is 3.16. The zero-order valence-electron chi connectivity index (χ0n) is 32.2. The number of hydrogen-bond acceptors (Lipinski definition) is 17. The fourth-order valence-corrected chi connectivity index (χ4v) is 8.12. The average Bonchev–Trinajstić information content (AvgIpc) is 3.14. The quantitative estimate of drug-likeness (QED) is 0.155. The van der Waals surface area contributed by atoms with E-state index < -0.39 is 115 Å². The van der Waals surface area contributed by atoms with E-state index in [1.54, 1.807) is 39.8 Å². The number of aliphatic hydroxyl groups excluding tert-OH is 6. The zero-order chi connectivity index (χ0) is 40.9. The molecule has 3 saturated heterocycles. The number of hydrogen-bond donors (Lipinski definition) is 8. The predicted molar refractivity (Wildman–Crippen MR) is 193 cm³/mol. The van der Waals surface area contributed by atoms with E-state index in [1.807, 2.05) is 0 Å². The van der Waals surface area contributed by atoms with Crippen molar-refractivity contribution in [2.75, 3.05) is 7.11 Å². The number of phenolic OH excluding ortho intramolecular Hbond substituents is 2. The van der Waals surface area contributed by atoms with Crippen LogP contribution in [-0.2, 0) is 39.6 Å². The summed E-state index contributed by atoms with van der Waals surface area (Å²) in [4.78, 5) is 28.2. The van der Waals surface area contributed by atoms with Crippen molar-refractivity contribution < 1.29 is 83.6 Å². The van der Waals surface area contributed by atoms with Crippen LogP contribution in [0.4, 0.5) is 0 Å². The Bertz CT molecular complexity index is 1740. The van der Waals surface area contributed by atoms with E-state index in [0.29, 0.717) is 18.2 Å². The van der Waals surface area contributed by atoms with Gasteiger partial charge in [-0.05, 0) is 70.5 Å². The Morgan fingerprint density at radius 3 is 2.11 bits per heavy atom. The first kappa shape index (κ1) is 42.6. The maximum atomic E-state index is 14.6. The molecule has 1 aliphatic carbocycles. The van der Waals surface area contributed by atoms with Crippen LogP contribution in [0.1, 0.15) is 74.9 Å². The van der Waals surface area contributed by atoms with Crippen molar-refractivity contribution in [1.82, 2.24) is 0 Å². The van der Waals surface area contributed by atoms with Crippen LogP contribution >= 0.6 is 0 Å². The molecule has 0 radical (unpaired) electrons. The standard InChI is InChI=1S/C39H54O17/c1-14-24(54-26-8-7-22(41)16(3)51-26)11-20-9-19-10-21(38(50-6)37(49)32(44)15(2)40)39(36(48)30(19)35(47)29(20)31(14)43)56-28-13-25(34(46)18(5)53-28)55-27-12-23(42)33(45)17(4)52-27/h9,11,15-18,21-23,25-28,32-34,38-47H,7-8,10,12-13H2,1-6H3/t15-,16?,17?,18?,21+,22+,23-,25-,26+,27+,28+,32+,33+,34-,38+,39+/m1/s1. The third-order valence-electron chi connectivity index (χ3n) is 11.5. The smallest absolute Gasteiger partial charge is 0.200 e. The van der Waals surface area contributed by atoms with E-state index >= 15 is 0 Å². The third-order valence-corrected chi connectivity index (χ3v) is 11.5. The molecule has 4 aliphatic rings. The van der Waals surface area contributed by atoms with Gasteiger partial charge >= 0.3 is 0 Å². The van der Waals surface area contributed by atoms with Gasteiger partial charge in [0.25, 0.3) is 0 Å². The SMILES string of the molecule is CO[C@H](C(=O)[C@@H](O)[C@@H](C)O)[C@@H]1Cc2cc3cc(O[C@H]4CC[C@H](O)C(C)O4)c(C)c(O)c3c(O)c2C(=O)[C@H]1O[C@H]1C[C@@H](O[C@H]2C[C@@H](O)[C@@H](O)C(C)O2)[C@H](O)C(C)O1. The van der Waals surface area contributed by atoms with Crippen LogP contribution in [0.25, 0.3) is 10.8 Å². The van der Waals surface area contributed by atoms with Gasteiger partial charge in [0.1, 0.15) is 47.8 Å². The average molecular weight is 795 g/mol. The molecule has 3 heterocycles. The van der Waals surface area contributed by atoms with Gasteiger partial charge in [0, 0.05) is 37.9 Å². The Morgan fingerprint density at radius 1 is 0.839 bits per heavy atom. The number of ether oxygens (including phenoxy) is 7. The molecular formula is C39H54O17. The number of benzene rings is 2. The van der Waals surface area contributed by atoms with Gasteiger partial charge in [-0.2, -0.15) is 0 Å². The molecule has 0 spiro atoms. The molecule has 17 nitrogen and oxygen atoms in total. The lowest BCUT2D eigenvalue weighted by Gasteiger charge is -2.43. The number of aromatic hydroxyl groups is 2. The molecule has 0 amide bonds. The Kier molecular flexibility index (Phi) is 13.0. The number of carbonyl (C=O) groups excluding carboxylic acids is 2. The highest BCUT2D eigenvalue weighted by molar-refractivity contribution is 6.11. The van der Waals surface area contributed by atoms with Crippen LogP contribution in [0.3, 0.4) is 0 Å². The van der Waals surface area contributed by atoms with E-state index in [4.69, 9.17) is 33.2 Å². The minimum absolute atomic E-state index is 0.0375. The topological polar surface area (TPSA) is 261 Å². The lowest BCUT2D eigenvalue weighted by molar-refractivity contribution is -0.311. The Morgan fingerprint density at radius 2 is 1.48 bits per heavy atom. The van der Waals surface area contributed by atoms with Gasteiger partial charge in [-0.1, -0.05) is 0 Å². The number of fused-ring (bicyclic) bond motifs is 2. The van der Waals surface area contributed by atoms with Crippen molar-refractivity contribution in [3.05, 3.63) is 28.8 Å². The van der Waals surface area contributed by atoms with Crippen LogP contribution in [0.15, 0.2) is 12.1 Å². The van der Waals surface area contributed by atoms with Gasteiger partial charge in [-0.3, -0.25) is 9.59 Å². The highest BCUT2D eigenvalue weighted by atomic mass is 16.7. The number of methoxy groups -OCH3 is 1. The van der Waals surface area contributed by atoms with Gasteiger partial charge in [0.15, 0.2) is 30.4 Å². The lowest BCUT2D eigenvalue weighted by atomic mass is 9.75. The molecule has 312 valence electrons. The number of phenols is 2. The van der Waals surface area contributed by atoms with E-state index in [9.17, 15) is 50.4 Å². The number of Topliss-reactive ketones (excluding diaryl/α,β-unsaturated/α-hetero) is 2. The van der Waals surface area contributed by atoms with Crippen LogP contribution < -0.4 is 4.74 Å². The normalized spacial score (nSPS) is 36.8. The zero-order valence-corrected chi connectivity index (χ0v) is 32.2. The van der Waals surface area contributed by atoms with Crippen molar-refractivity contribution >= 4 is 22.3 Å². The molecule has 3 fully saturated rings. The van der Waals surface area contributed by atoms with Crippen molar-refractivity contribution in [1.29, 1.82) is 0 Å². The molecule has 0 bridgehead atoms. The number of carbonyl (C=O) groups is 2. The molecule has 0 aromatic heterocycles. The first-order chi connectivity index (χ1) is 26.4. The van der Waals surface area contributed by atoms with Gasteiger partial charge in [-0.15, -0.1) is 0 Å². The second-order valence-corrected chi connectivity index (χ2v) is 15.5. The summed E-state index contributed by atoms with van der Waals surface area (Å²) >= 11 is 0. The second kappa shape index (κ2) is 17.1. The largest absolute Gasteiger partial charge is 0.507 e. The van der Waals surface area contributed by atoms with Crippen LogP contribution in [0.5, 0.6) is 17.2 Å². The molecular weight excluding hydrogens is 740 g/mol. The van der Waals surface area contributed by atoms with Gasteiger partial charge in [-0.25, -0.2) is 0 Å². The third kappa shape index (κ3) is 8.28. The summed E-state index contributed by atoms with van der Waals surface area (Å²) in [5.41, 5.74) is 0.339. The Balaban J connectivity index is 1.35. The van der Waals surface area contributed by atoms with Crippen molar-refractivity contribution in [2.45, 2.75) is 159 Å². The molecule has 3 aliphatic heterocycles. The van der Waals surface area contributed by atoms with Crippen molar-refractivity contribution in [3.8, 4) is 17.2 Å². The first-order valence-corrected chi connectivity index (χ1v) is 19.1. The molecule has 6 rings (SSSR count). The van der Waals surface area contributed by atoms with Crippen molar-refractivity contribution in [3.63, 3.8) is 0 Å². The highest BCUT2D eigenvalue weighted by Crippen LogP contribution is 2.47. The second-order valence-electron chi connectivity index (χ2n) is 15.5. The lowest BCUT2D eigenvalue weighted by Crippen LogP contribution is -2.56. The molecule has 2 aromatic rings. The van der Waals surface area contributed by atoms with Crippen LogP contribution in [0, 0.1) is 12.8 Å². The summed E-state index contributed by atoms with van der Waals surface area (Å²) in [6.45, 7) is 7.65. The van der Waals surface area contributed by atoms with Gasteiger partial charge < -0.3 is 74.0 Å². The first-order valence-electron chi connectivity index (χ1n) is 19.1. The summed E-state index contributed by atoms with van der Waals surface area (Å²) in [5.74, 6) is -3.52. The number of rotatable bonds is 11. The summed E-state index contributed by atoms with van der Waals surface area (Å²) in [6.07, 6.45) is -16.2. The number of ketones is 2. The molecule has 17 heteroatoms. The molecule has 16 atom stereocenters. The maximum Gasteiger partial charge on any atom is 0.200 e. The van der Waals surface area contributed by atoms with E-state index in [1.165, 1.54) is 14.0 Å². The monoisotopic (exact) mass is 794 g/mol. The number of aliphatic hydroxyl groups is 6. The molecule has 3 unspecified atom stereocenters. The Labute approximate surface area is 323 Å². The fraction of sp³-hybridized carbons (Fsp3) is 0.692. The highest BCUT2D eigenvalue weighted by Gasteiger charge is 2.50. The molecule has 2 aromatic carbocycles. The summed E-state index contributed by atoms with van der Waals surface area (Å²) in [7, 11) is 1.21. The Hall–Kier alpha value is -3.04. The summed E-state index contributed by atoms with van der Waals surface area (Å²) < 4.78 is 41.5. The predicted octanol–water partition coefficient (Wildman–Crippen LogP) is 0.628. The molecule has 56 heavy (non-hydrogen) atoms. The van der Waals surface area contributed by atoms with E-state index in [2.05, 4.69) is 0 Å². The van der Waals surface area contributed by atoms with Crippen molar-refractivity contribution in [2.24, 2.45) is 5.92 Å². The molecule has 8 N–H and O–H groups in total.